The van der Waals surface area contributed by atoms with Gasteiger partial charge in [0, 0.05) is 21.3 Å². The maximum atomic E-state index is 12.4. The van der Waals surface area contributed by atoms with Crippen molar-refractivity contribution in [3.63, 3.8) is 0 Å². The van der Waals surface area contributed by atoms with Crippen molar-refractivity contribution in [2.24, 2.45) is 0 Å². The molecule has 0 aromatic heterocycles. The van der Waals surface area contributed by atoms with Gasteiger partial charge in [0.2, 0.25) is 0 Å². The van der Waals surface area contributed by atoms with Crippen LogP contribution in [0.5, 0.6) is 0 Å². The number of carbonyl (C=O) groups excluding carboxylic acids is 2. The summed E-state index contributed by atoms with van der Waals surface area (Å²) in [5.74, 6) is -0.860. The molecule has 0 saturated heterocycles. The van der Waals surface area contributed by atoms with Crippen LogP contribution in [0.25, 0.3) is 0 Å². The smallest absolute Gasteiger partial charge is 0.261 e. The van der Waals surface area contributed by atoms with Gasteiger partial charge in [0.05, 0.1) is 6.42 Å². The van der Waals surface area contributed by atoms with E-state index >= 15 is 0 Å². The van der Waals surface area contributed by atoms with Crippen molar-refractivity contribution >= 4 is 33.3 Å². The van der Waals surface area contributed by atoms with E-state index in [0.29, 0.717) is 21.3 Å². The summed E-state index contributed by atoms with van der Waals surface area (Å²) < 4.78 is 0.644. The lowest BCUT2D eigenvalue weighted by Gasteiger charge is -2.20. The minimum atomic E-state index is -1.82. The number of aliphatic hydroxyl groups is 1. The van der Waals surface area contributed by atoms with Crippen LogP contribution in [0.3, 0.4) is 0 Å². The molecular weight excluding hydrogens is 334 g/mol. The van der Waals surface area contributed by atoms with Crippen molar-refractivity contribution in [1.29, 1.82) is 0 Å². The Bertz CT molecular complexity index is 744. The number of rotatable bonds is 3. The third kappa shape index (κ3) is 2.28. The quantitative estimate of drug-likeness (QED) is 0.840. The second-order valence-electron chi connectivity index (χ2n) is 4.94. The Hall–Kier alpha value is -1.98. The van der Waals surface area contributed by atoms with Gasteiger partial charge < -0.3 is 10.4 Å². The summed E-state index contributed by atoms with van der Waals surface area (Å²) in [6.07, 6.45) is -0.293. The van der Waals surface area contributed by atoms with Gasteiger partial charge in [0.25, 0.3) is 5.91 Å². The molecule has 3 rings (SSSR count). The van der Waals surface area contributed by atoms with E-state index in [9.17, 15) is 14.7 Å². The van der Waals surface area contributed by atoms with E-state index in [-0.39, 0.29) is 12.2 Å². The fourth-order valence-electron chi connectivity index (χ4n) is 2.49. The molecular formula is C16H12BrNO3. The zero-order chi connectivity index (χ0) is 15.0. The minimum Gasteiger partial charge on any atom is -0.375 e. The molecule has 4 nitrogen and oxygen atoms in total. The molecule has 1 heterocycles. The number of fused-ring (bicyclic) bond motifs is 1. The van der Waals surface area contributed by atoms with Crippen LogP contribution in [0.2, 0.25) is 0 Å². The number of amides is 1. The van der Waals surface area contributed by atoms with E-state index in [4.69, 9.17) is 0 Å². The fourth-order valence-corrected chi connectivity index (χ4v) is 3.00. The number of halogens is 1. The first kappa shape index (κ1) is 14.0. The molecule has 0 saturated carbocycles. The van der Waals surface area contributed by atoms with E-state index < -0.39 is 11.5 Å². The van der Waals surface area contributed by atoms with Crippen LogP contribution in [-0.2, 0) is 10.4 Å². The van der Waals surface area contributed by atoms with Gasteiger partial charge in [-0.2, -0.15) is 0 Å². The van der Waals surface area contributed by atoms with Crippen LogP contribution in [0.15, 0.2) is 53.0 Å². The summed E-state index contributed by atoms with van der Waals surface area (Å²) in [6, 6.07) is 13.8. The largest absolute Gasteiger partial charge is 0.375 e. The second-order valence-corrected chi connectivity index (χ2v) is 5.79. The van der Waals surface area contributed by atoms with Crippen molar-refractivity contribution in [1.82, 2.24) is 0 Å². The summed E-state index contributed by atoms with van der Waals surface area (Å²) in [4.78, 5) is 24.5. The van der Waals surface area contributed by atoms with Gasteiger partial charge in [0.15, 0.2) is 11.4 Å². The Morgan fingerprint density at radius 3 is 2.57 bits per heavy atom. The summed E-state index contributed by atoms with van der Waals surface area (Å²) in [5, 5.41) is 13.3. The topological polar surface area (TPSA) is 66.4 Å². The fraction of sp³-hybridized carbons (Fsp3) is 0.125. The van der Waals surface area contributed by atoms with Gasteiger partial charge in [-0.25, -0.2) is 0 Å². The van der Waals surface area contributed by atoms with E-state index in [1.165, 1.54) is 0 Å². The lowest BCUT2D eigenvalue weighted by Crippen LogP contribution is -2.36. The van der Waals surface area contributed by atoms with Crippen molar-refractivity contribution < 1.29 is 14.7 Å². The number of ketones is 1. The van der Waals surface area contributed by atoms with Crippen LogP contribution in [0.4, 0.5) is 5.69 Å². The van der Waals surface area contributed by atoms with Gasteiger partial charge in [-0.05, 0) is 12.1 Å². The average Bonchev–Trinajstić information content (AvgIpc) is 2.71. The van der Waals surface area contributed by atoms with E-state index in [1.54, 1.807) is 48.5 Å². The highest BCUT2D eigenvalue weighted by atomic mass is 79.9. The Labute approximate surface area is 129 Å². The molecule has 0 spiro atoms. The first-order valence-electron chi connectivity index (χ1n) is 6.43. The Morgan fingerprint density at radius 2 is 1.81 bits per heavy atom. The highest BCUT2D eigenvalue weighted by Crippen LogP contribution is 2.39. The van der Waals surface area contributed by atoms with Gasteiger partial charge in [-0.15, -0.1) is 0 Å². The van der Waals surface area contributed by atoms with Gasteiger partial charge in [-0.3, -0.25) is 9.59 Å². The van der Waals surface area contributed by atoms with Crippen molar-refractivity contribution in [2.75, 3.05) is 5.32 Å². The molecule has 1 aliphatic heterocycles. The van der Waals surface area contributed by atoms with Crippen molar-refractivity contribution in [3.05, 3.63) is 64.1 Å². The molecule has 0 radical (unpaired) electrons. The first-order valence-corrected chi connectivity index (χ1v) is 7.23. The lowest BCUT2D eigenvalue weighted by atomic mass is 9.88. The highest BCUT2D eigenvalue weighted by molar-refractivity contribution is 9.10. The SMILES string of the molecule is O=C(CC1(O)C(=O)Nc2ccccc21)c1ccccc1Br. The summed E-state index contributed by atoms with van der Waals surface area (Å²) >= 11 is 3.31. The molecule has 21 heavy (non-hydrogen) atoms. The average molecular weight is 346 g/mol. The lowest BCUT2D eigenvalue weighted by molar-refractivity contribution is -0.133. The van der Waals surface area contributed by atoms with E-state index in [2.05, 4.69) is 21.2 Å². The number of Topliss-reactive ketones (excluding diaryl/α,β-unsaturated/α-hetero) is 1. The first-order chi connectivity index (χ1) is 10.0. The van der Waals surface area contributed by atoms with Gasteiger partial charge >= 0.3 is 0 Å². The van der Waals surface area contributed by atoms with Crippen LogP contribution < -0.4 is 5.32 Å². The predicted octanol–water partition coefficient (Wildman–Crippen LogP) is 2.86. The van der Waals surface area contributed by atoms with Gasteiger partial charge in [0.1, 0.15) is 0 Å². The molecule has 106 valence electrons. The maximum Gasteiger partial charge on any atom is 0.261 e. The normalized spacial score (nSPS) is 20.0. The van der Waals surface area contributed by atoms with Crippen molar-refractivity contribution in [2.45, 2.75) is 12.0 Å². The molecule has 2 N–H and O–H groups in total. The zero-order valence-electron chi connectivity index (χ0n) is 11.0. The van der Waals surface area contributed by atoms with Crippen LogP contribution in [0, 0.1) is 0 Å². The number of para-hydroxylation sites is 1. The van der Waals surface area contributed by atoms with Crippen LogP contribution in [-0.4, -0.2) is 16.8 Å². The Morgan fingerprint density at radius 1 is 1.14 bits per heavy atom. The Kier molecular flexibility index (Phi) is 3.39. The zero-order valence-corrected chi connectivity index (χ0v) is 12.6. The summed E-state index contributed by atoms with van der Waals surface area (Å²) in [7, 11) is 0. The van der Waals surface area contributed by atoms with E-state index in [1.807, 2.05) is 0 Å². The maximum absolute atomic E-state index is 12.4. The molecule has 0 fully saturated rings. The number of anilines is 1. The minimum absolute atomic E-state index is 0.293. The molecule has 1 unspecified atom stereocenters. The molecule has 1 aliphatic rings. The molecule has 0 bridgehead atoms. The molecule has 2 aromatic rings. The number of carbonyl (C=O) groups is 2. The molecule has 1 atom stereocenters. The standard InChI is InChI=1S/C16H12BrNO3/c17-12-7-3-1-5-10(12)14(19)9-16(21)11-6-2-4-8-13(11)18-15(16)20/h1-8,21H,9H2,(H,18,20). The Balaban J connectivity index is 1.96. The third-order valence-corrected chi connectivity index (χ3v) is 4.28. The third-order valence-electron chi connectivity index (χ3n) is 3.59. The van der Waals surface area contributed by atoms with E-state index in [0.717, 1.165) is 0 Å². The van der Waals surface area contributed by atoms with Crippen LogP contribution >= 0.6 is 15.9 Å². The van der Waals surface area contributed by atoms with Crippen molar-refractivity contribution in [3.8, 4) is 0 Å². The predicted molar refractivity (Wildman–Crippen MR) is 82.1 cm³/mol. The molecule has 2 aromatic carbocycles. The number of hydrogen-bond donors (Lipinski definition) is 2. The summed E-state index contributed by atoms with van der Waals surface area (Å²) in [5.41, 5.74) is -0.383. The molecule has 1 amide bonds. The van der Waals surface area contributed by atoms with Gasteiger partial charge in [-0.1, -0.05) is 52.3 Å². The number of hydrogen-bond acceptors (Lipinski definition) is 3. The highest BCUT2D eigenvalue weighted by Gasteiger charge is 2.46. The second kappa shape index (κ2) is 5.09. The number of nitrogens with one attached hydrogen (secondary N) is 1. The monoisotopic (exact) mass is 345 g/mol. The number of benzene rings is 2. The molecule has 0 aliphatic carbocycles. The summed E-state index contributed by atoms with van der Waals surface area (Å²) in [6.45, 7) is 0. The molecule has 5 heteroatoms. The van der Waals surface area contributed by atoms with Crippen LogP contribution in [0.1, 0.15) is 22.3 Å².